The maximum atomic E-state index is 10.1. The van der Waals surface area contributed by atoms with Gasteiger partial charge in [-0.25, -0.2) is 9.13 Å². The van der Waals surface area contributed by atoms with Crippen molar-refractivity contribution in [3.05, 3.63) is 42.5 Å². The summed E-state index contributed by atoms with van der Waals surface area (Å²) in [5.74, 6) is 0. The Bertz CT molecular complexity index is 465. The number of benzene rings is 1. The molecule has 0 aromatic heterocycles. The molecule has 1 heterocycles. The van der Waals surface area contributed by atoms with Crippen LogP contribution in [0.2, 0.25) is 0 Å². The number of hydrogen-bond donors (Lipinski definition) is 4. The summed E-state index contributed by atoms with van der Waals surface area (Å²) < 4.78 is 27.5. The lowest BCUT2D eigenvalue weighted by atomic mass is 10.2. The molecule has 1 saturated heterocycles. The predicted octanol–water partition coefficient (Wildman–Crippen LogP) is 1.53. The summed E-state index contributed by atoms with van der Waals surface area (Å²) in [7, 11) is -8.18. The van der Waals surface area contributed by atoms with Crippen molar-refractivity contribution in [3.8, 4) is 0 Å². The van der Waals surface area contributed by atoms with Gasteiger partial charge in [-0.2, -0.15) is 0 Å². The van der Waals surface area contributed by atoms with Gasteiger partial charge in [0.1, 0.15) is 0 Å². The number of hydrogen-bond acceptors (Lipinski definition) is 4. The van der Waals surface area contributed by atoms with E-state index >= 15 is 0 Å². The van der Waals surface area contributed by atoms with Crippen LogP contribution in [0.1, 0.15) is 5.56 Å². The van der Waals surface area contributed by atoms with Crippen molar-refractivity contribution < 1.29 is 37.8 Å². The van der Waals surface area contributed by atoms with Gasteiger partial charge in [0, 0.05) is 0 Å². The van der Waals surface area contributed by atoms with Gasteiger partial charge in [-0.15, -0.1) is 0 Å². The lowest BCUT2D eigenvalue weighted by Gasteiger charge is -1.94. The standard InChI is InChI=1S/C8H8.C2H5O4P.H3O4P/c1-2-8-6-4-3-5-7-8;3-7(4)5-1-2-6-7;1-5(2,3)4/h2-7H,1H2;1-2H2,(H,3,4);(H3,1,2,3,4). The Kier molecular flexibility index (Phi) is 8.80. The molecule has 0 amide bonds. The fourth-order valence-corrected chi connectivity index (χ4v) is 1.62. The first-order valence-corrected chi connectivity index (χ1v) is 8.28. The molecule has 8 nitrogen and oxygen atoms in total. The number of phosphoric ester groups is 1. The minimum atomic E-state index is -4.64. The smallest absolute Gasteiger partial charge is 0.303 e. The SMILES string of the molecule is C=Cc1ccccc1.O=P(O)(O)O.O=P1(O)OCCO1. The van der Waals surface area contributed by atoms with E-state index in [1.807, 2.05) is 36.4 Å². The van der Waals surface area contributed by atoms with Crippen molar-refractivity contribution in [1.29, 1.82) is 0 Å². The third-order valence-electron chi connectivity index (χ3n) is 1.63. The summed E-state index contributed by atoms with van der Waals surface area (Å²) in [6.45, 7) is 4.09. The fraction of sp³-hybridized carbons (Fsp3) is 0.200. The lowest BCUT2D eigenvalue weighted by Crippen LogP contribution is -1.79. The van der Waals surface area contributed by atoms with Crippen molar-refractivity contribution in [2.24, 2.45) is 0 Å². The zero-order valence-corrected chi connectivity index (χ0v) is 12.2. The molecule has 20 heavy (non-hydrogen) atoms. The van der Waals surface area contributed by atoms with E-state index in [0.29, 0.717) is 0 Å². The average molecular weight is 326 g/mol. The van der Waals surface area contributed by atoms with E-state index < -0.39 is 15.6 Å². The highest BCUT2D eigenvalue weighted by Crippen LogP contribution is 2.46. The van der Waals surface area contributed by atoms with Crippen LogP contribution in [0.5, 0.6) is 0 Å². The second-order valence-electron chi connectivity index (χ2n) is 3.26. The molecule has 0 spiro atoms. The first kappa shape index (κ1) is 19.2. The van der Waals surface area contributed by atoms with E-state index in [9.17, 15) is 4.57 Å². The Hall–Kier alpha value is -0.820. The maximum absolute atomic E-state index is 10.1. The normalized spacial score (nSPS) is 16.2. The molecule has 0 atom stereocenters. The molecule has 114 valence electrons. The van der Waals surface area contributed by atoms with E-state index in [4.69, 9.17) is 24.1 Å². The highest BCUT2D eigenvalue weighted by Gasteiger charge is 2.26. The Labute approximate surface area is 116 Å². The second-order valence-corrected chi connectivity index (χ2v) is 5.74. The molecule has 0 radical (unpaired) electrons. The van der Waals surface area contributed by atoms with E-state index in [0.717, 1.165) is 0 Å². The summed E-state index contributed by atoms with van der Waals surface area (Å²) in [4.78, 5) is 29.9. The van der Waals surface area contributed by atoms with Gasteiger partial charge in [0.15, 0.2) is 0 Å². The van der Waals surface area contributed by atoms with Crippen LogP contribution in [-0.4, -0.2) is 32.8 Å². The quantitative estimate of drug-likeness (QED) is 0.571. The van der Waals surface area contributed by atoms with Crippen molar-refractivity contribution in [3.63, 3.8) is 0 Å². The molecule has 1 fully saturated rings. The summed E-state index contributed by atoms with van der Waals surface area (Å²) in [6, 6.07) is 10.0. The van der Waals surface area contributed by atoms with Gasteiger partial charge in [-0.1, -0.05) is 43.0 Å². The average Bonchev–Trinajstić information content (AvgIpc) is 2.74. The van der Waals surface area contributed by atoms with E-state index in [-0.39, 0.29) is 13.2 Å². The minimum Gasteiger partial charge on any atom is -0.303 e. The molecule has 0 saturated carbocycles. The van der Waals surface area contributed by atoms with Gasteiger partial charge < -0.3 is 19.6 Å². The topological polar surface area (TPSA) is 134 Å². The molecule has 0 aliphatic carbocycles. The Morgan fingerprint density at radius 2 is 1.55 bits per heavy atom. The van der Waals surface area contributed by atoms with Crippen LogP contribution in [0.25, 0.3) is 6.08 Å². The molecular formula is C10H16O8P2. The summed E-state index contributed by atoms with van der Waals surface area (Å²) in [5.41, 5.74) is 1.17. The van der Waals surface area contributed by atoms with Crippen molar-refractivity contribution in [1.82, 2.24) is 0 Å². The van der Waals surface area contributed by atoms with E-state index in [2.05, 4.69) is 15.6 Å². The Morgan fingerprint density at radius 1 is 1.15 bits per heavy atom. The van der Waals surface area contributed by atoms with Crippen molar-refractivity contribution in [2.75, 3.05) is 13.2 Å². The lowest BCUT2D eigenvalue weighted by molar-refractivity contribution is 0.262. The molecule has 0 bridgehead atoms. The van der Waals surface area contributed by atoms with Crippen LogP contribution >= 0.6 is 15.6 Å². The molecule has 1 aliphatic heterocycles. The van der Waals surface area contributed by atoms with Crippen LogP contribution < -0.4 is 0 Å². The maximum Gasteiger partial charge on any atom is 0.472 e. The van der Waals surface area contributed by atoms with Crippen molar-refractivity contribution >= 4 is 21.7 Å². The van der Waals surface area contributed by atoms with Crippen LogP contribution in [0.15, 0.2) is 36.9 Å². The summed E-state index contributed by atoms with van der Waals surface area (Å²) in [5, 5.41) is 0. The molecule has 4 N–H and O–H groups in total. The van der Waals surface area contributed by atoms with Gasteiger partial charge in [-0.3, -0.25) is 9.05 Å². The monoisotopic (exact) mass is 326 g/mol. The molecular weight excluding hydrogens is 310 g/mol. The van der Waals surface area contributed by atoms with Gasteiger partial charge >= 0.3 is 15.6 Å². The number of rotatable bonds is 1. The summed E-state index contributed by atoms with van der Waals surface area (Å²) >= 11 is 0. The summed E-state index contributed by atoms with van der Waals surface area (Å²) in [6.07, 6.45) is 1.83. The van der Waals surface area contributed by atoms with Gasteiger partial charge in [0.05, 0.1) is 13.2 Å². The van der Waals surface area contributed by atoms with Crippen molar-refractivity contribution in [2.45, 2.75) is 0 Å². The second kappa shape index (κ2) is 9.18. The van der Waals surface area contributed by atoms with Crippen LogP contribution in [0.3, 0.4) is 0 Å². The first-order valence-electron chi connectivity index (χ1n) is 5.22. The van der Waals surface area contributed by atoms with E-state index in [1.165, 1.54) is 5.56 Å². The van der Waals surface area contributed by atoms with Gasteiger partial charge in [0.2, 0.25) is 0 Å². The Morgan fingerprint density at radius 3 is 1.75 bits per heavy atom. The zero-order valence-electron chi connectivity index (χ0n) is 10.4. The van der Waals surface area contributed by atoms with E-state index in [1.54, 1.807) is 0 Å². The zero-order chi connectivity index (χ0) is 15.6. The largest absolute Gasteiger partial charge is 0.472 e. The molecule has 1 aromatic rings. The molecule has 10 heteroatoms. The third-order valence-corrected chi connectivity index (χ3v) is 2.65. The first-order chi connectivity index (χ1) is 9.14. The minimum absolute atomic E-state index is 0.230. The molecule has 2 rings (SSSR count). The molecule has 1 aliphatic rings. The Balaban J connectivity index is 0.000000280. The predicted molar refractivity (Wildman–Crippen MR) is 72.5 cm³/mol. The highest BCUT2D eigenvalue weighted by atomic mass is 31.2. The van der Waals surface area contributed by atoms with Gasteiger partial charge in [0.25, 0.3) is 0 Å². The molecule has 1 aromatic carbocycles. The number of phosphoric acid groups is 2. The van der Waals surface area contributed by atoms with Crippen LogP contribution in [0.4, 0.5) is 0 Å². The fourth-order valence-electron chi connectivity index (χ4n) is 0.932. The molecule has 0 unspecified atom stereocenters. The third kappa shape index (κ3) is 13.6. The highest BCUT2D eigenvalue weighted by molar-refractivity contribution is 7.47. The van der Waals surface area contributed by atoms with Gasteiger partial charge in [-0.05, 0) is 5.56 Å². The van der Waals surface area contributed by atoms with Crippen LogP contribution in [0, 0.1) is 0 Å². The van der Waals surface area contributed by atoms with Crippen LogP contribution in [-0.2, 0) is 18.2 Å².